The highest BCUT2D eigenvalue weighted by molar-refractivity contribution is 7.90. The average Bonchev–Trinajstić information content (AvgIpc) is 3.18. The molecule has 2 aromatic rings. The van der Waals surface area contributed by atoms with Gasteiger partial charge >= 0.3 is 5.97 Å². The number of carbonyl (C=O) groups excluding carboxylic acids is 2. The van der Waals surface area contributed by atoms with Crippen LogP contribution in [0.25, 0.3) is 10.4 Å². The first kappa shape index (κ1) is 23.8. The number of rotatable bonds is 7. The van der Waals surface area contributed by atoms with Gasteiger partial charge in [0.1, 0.15) is 10.8 Å². The van der Waals surface area contributed by atoms with Crippen LogP contribution < -0.4 is 4.90 Å². The lowest BCUT2D eigenvalue weighted by Crippen LogP contribution is -2.46. The highest BCUT2D eigenvalue weighted by Crippen LogP contribution is 2.41. The van der Waals surface area contributed by atoms with Crippen molar-refractivity contribution in [2.24, 2.45) is 11.8 Å². The zero-order valence-corrected chi connectivity index (χ0v) is 20.3. The number of anilines is 1. The van der Waals surface area contributed by atoms with E-state index in [1.165, 1.54) is 18.4 Å². The lowest BCUT2D eigenvalue weighted by Gasteiger charge is -2.34. The summed E-state index contributed by atoms with van der Waals surface area (Å²) in [4.78, 5) is 29.0. The van der Waals surface area contributed by atoms with Gasteiger partial charge in [0.15, 0.2) is 0 Å². The van der Waals surface area contributed by atoms with E-state index in [2.05, 4.69) is 6.92 Å². The fourth-order valence-corrected chi connectivity index (χ4v) is 6.28. The summed E-state index contributed by atoms with van der Waals surface area (Å²) in [5, 5.41) is 0.590. The summed E-state index contributed by atoms with van der Waals surface area (Å²) >= 11 is 0.347. The average molecular weight is 462 g/mol. The minimum absolute atomic E-state index is 0.0245. The number of hydrogen-bond acceptors (Lipinski definition) is 5. The topological polar surface area (TPSA) is 69.7 Å². The van der Waals surface area contributed by atoms with E-state index >= 15 is 0 Å². The largest absolute Gasteiger partial charge is 0.616 e. The van der Waals surface area contributed by atoms with Gasteiger partial charge in [0, 0.05) is 10.8 Å². The second-order valence-corrected chi connectivity index (χ2v) is 11.0. The predicted molar refractivity (Wildman–Crippen MR) is 128 cm³/mol. The van der Waals surface area contributed by atoms with Gasteiger partial charge in [-0.05, 0) is 50.2 Å². The first-order valence-corrected chi connectivity index (χ1v) is 13.3. The smallest absolute Gasteiger partial charge is 0.340 e. The molecule has 168 valence electrons. The molecule has 1 fully saturated rings. The second-order valence-electron chi connectivity index (χ2n) is 8.44. The Kier molecular flexibility index (Phi) is 8.19. The van der Waals surface area contributed by atoms with E-state index < -0.39 is 17.1 Å². The van der Waals surface area contributed by atoms with Crippen molar-refractivity contribution in [1.82, 2.24) is 0 Å². The molecule has 1 aliphatic rings. The van der Waals surface area contributed by atoms with Gasteiger partial charge in [-0.2, -0.15) is 0 Å². The molecular weight excluding hydrogens is 430 g/mol. The fourth-order valence-electron chi connectivity index (χ4n) is 4.20. The van der Waals surface area contributed by atoms with Crippen molar-refractivity contribution >= 4 is 39.4 Å². The van der Waals surface area contributed by atoms with Gasteiger partial charge in [-0.3, -0.25) is 9.69 Å². The number of benzene rings is 1. The molecule has 2 atom stereocenters. The zero-order valence-electron chi connectivity index (χ0n) is 18.6. The Bertz CT molecular complexity index is 888. The minimum atomic E-state index is -1.07. The third kappa shape index (κ3) is 5.70. The minimum Gasteiger partial charge on any atom is -0.616 e. The maximum absolute atomic E-state index is 13.7. The molecule has 1 amide bonds. The number of amides is 1. The number of nitrogens with zero attached hydrogens (tertiary/aromatic N) is 1. The first-order chi connectivity index (χ1) is 14.8. The normalized spacial score (nSPS) is 20.7. The van der Waals surface area contributed by atoms with Crippen molar-refractivity contribution in [3.63, 3.8) is 0 Å². The van der Waals surface area contributed by atoms with E-state index in [4.69, 9.17) is 4.74 Å². The number of thiophene rings is 1. The van der Waals surface area contributed by atoms with Gasteiger partial charge in [0.25, 0.3) is 0 Å². The highest BCUT2D eigenvalue weighted by atomic mass is 32.2. The summed E-state index contributed by atoms with van der Waals surface area (Å²) in [5.74, 6) is 0.477. The lowest BCUT2D eigenvalue weighted by molar-refractivity contribution is -0.123. The third-order valence-corrected chi connectivity index (χ3v) is 8.05. The van der Waals surface area contributed by atoms with Gasteiger partial charge in [-0.25, -0.2) is 4.79 Å². The number of esters is 1. The van der Waals surface area contributed by atoms with Gasteiger partial charge < -0.3 is 9.29 Å². The van der Waals surface area contributed by atoms with Gasteiger partial charge in [0.05, 0.1) is 25.0 Å². The summed E-state index contributed by atoms with van der Waals surface area (Å²) < 4.78 is 17.1. The molecule has 1 heterocycles. The van der Waals surface area contributed by atoms with Crippen LogP contribution in [0.2, 0.25) is 0 Å². The Hall–Kier alpha value is -1.83. The Morgan fingerprint density at radius 1 is 1.23 bits per heavy atom. The van der Waals surface area contributed by atoms with Crippen LogP contribution in [0.5, 0.6) is 0 Å². The Morgan fingerprint density at radius 3 is 2.45 bits per heavy atom. The molecule has 1 saturated carbocycles. The first-order valence-electron chi connectivity index (χ1n) is 10.7. The van der Waals surface area contributed by atoms with Gasteiger partial charge in [0.2, 0.25) is 5.91 Å². The van der Waals surface area contributed by atoms with Crippen molar-refractivity contribution < 1.29 is 18.9 Å². The molecule has 0 N–H and O–H groups in total. The van der Waals surface area contributed by atoms with E-state index in [0.717, 1.165) is 36.1 Å². The molecule has 1 aromatic carbocycles. The number of carbonyl (C=O) groups is 2. The van der Waals surface area contributed by atoms with Gasteiger partial charge in [-0.1, -0.05) is 48.4 Å². The molecule has 1 aliphatic carbocycles. The number of ether oxygens (including phenoxy) is 1. The van der Waals surface area contributed by atoms with Crippen molar-refractivity contribution in [1.29, 1.82) is 0 Å². The highest BCUT2D eigenvalue weighted by Gasteiger charge is 2.36. The van der Waals surface area contributed by atoms with Crippen molar-refractivity contribution in [3.05, 3.63) is 42.0 Å². The van der Waals surface area contributed by atoms with Crippen LogP contribution in [-0.2, 0) is 20.7 Å². The standard InChI is InChI=1S/C24H31NO4S2/c1-16-10-12-19(13-11-16)22(26)25(17(2)15-31(4)28)23-20(24(27)29-3)14-21(30-23)18-8-6-5-7-9-18/h5-9,14,16-17,19H,10-13,15H2,1-4H3/t16-,17?,19-,31?. The maximum atomic E-state index is 13.7. The number of methoxy groups -OCH3 is 1. The molecule has 0 bridgehead atoms. The van der Waals surface area contributed by atoms with Crippen LogP contribution in [-0.4, -0.2) is 41.6 Å². The quantitative estimate of drug-likeness (QED) is 0.423. The van der Waals surface area contributed by atoms with Crippen LogP contribution in [0.1, 0.15) is 49.9 Å². The fraction of sp³-hybridized carbons (Fsp3) is 0.500. The SMILES string of the molecule is COC(=O)c1cc(-c2ccccc2)sc1N(C(=O)[C@H]1CC[C@H](C)CC1)C(C)C[S+](C)[O-]. The Balaban J connectivity index is 2.05. The number of hydrogen-bond donors (Lipinski definition) is 0. The van der Waals surface area contributed by atoms with Crippen LogP contribution in [0.4, 0.5) is 5.00 Å². The van der Waals surface area contributed by atoms with Crippen molar-refractivity contribution in [3.8, 4) is 10.4 Å². The molecule has 0 radical (unpaired) electrons. The molecule has 2 unspecified atom stereocenters. The van der Waals surface area contributed by atoms with E-state index in [9.17, 15) is 14.1 Å². The van der Waals surface area contributed by atoms with Crippen molar-refractivity contribution in [2.75, 3.05) is 24.0 Å². The van der Waals surface area contributed by atoms with Crippen molar-refractivity contribution in [2.45, 2.75) is 45.6 Å². The maximum Gasteiger partial charge on any atom is 0.340 e. The van der Waals surface area contributed by atoms with E-state index in [0.29, 0.717) is 22.2 Å². The third-order valence-electron chi connectivity index (χ3n) is 5.91. The summed E-state index contributed by atoms with van der Waals surface area (Å²) in [6.45, 7) is 4.13. The van der Waals surface area contributed by atoms with Crippen LogP contribution in [0.3, 0.4) is 0 Å². The summed E-state index contributed by atoms with van der Waals surface area (Å²) in [6, 6.07) is 11.3. The Labute approximate surface area is 192 Å². The van der Waals surface area contributed by atoms with E-state index in [1.807, 2.05) is 37.3 Å². The van der Waals surface area contributed by atoms with Crippen LogP contribution >= 0.6 is 11.3 Å². The predicted octanol–water partition coefficient (Wildman–Crippen LogP) is 5.13. The molecular formula is C24H31NO4S2. The molecule has 1 aromatic heterocycles. The Morgan fingerprint density at radius 2 is 1.87 bits per heavy atom. The van der Waals surface area contributed by atoms with Gasteiger partial charge in [-0.15, -0.1) is 11.3 Å². The molecule has 7 heteroatoms. The zero-order chi connectivity index (χ0) is 22.5. The second kappa shape index (κ2) is 10.7. The van der Waals surface area contributed by atoms with Crippen LogP contribution in [0, 0.1) is 11.8 Å². The molecule has 0 saturated heterocycles. The van der Waals surface area contributed by atoms with Crippen LogP contribution in [0.15, 0.2) is 36.4 Å². The molecule has 3 rings (SSSR count). The van der Waals surface area contributed by atoms with E-state index in [1.54, 1.807) is 17.2 Å². The molecule has 31 heavy (non-hydrogen) atoms. The molecule has 0 spiro atoms. The lowest BCUT2D eigenvalue weighted by atomic mass is 9.82. The summed E-state index contributed by atoms with van der Waals surface area (Å²) in [6.07, 6.45) is 5.40. The monoisotopic (exact) mass is 461 g/mol. The molecule has 0 aliphatic heterocycles. The summed E-state index contributed by atoms with van der Waals surface area (Å²) in [7, 11) is 1.35. The summed E-state index contributed by atoms with van der Waals surface area (Å²) in [5.41, 5.74) is 1.37. The van der Waals surface area contributed by atoms with E-state index in [-0.39, 0.29) is 17.9 Å². The molecule has 5 nitrogen and oxygen atoms in total.